The van der Waals surface area contributed by atoms with Crippen LogP contribution >= 0.6 is 0 Å². The van der Waals surface area contributed by atoms with Crippen LogP contribution in [0.5, 0.6) is 0 Å². The molecule has 0 radical (unpaired) electrons. The fourth-order valence-corrected chi connectivity index (χ4v) is 2.65. The number of hydrogen-bond donors (Lipinski definition) is 0. The fourth-order valence-electron chi connectivity index (χ4n) is 2.65. The van der Waals surface area contributed by atoms with Crippen LogP contribution in [0, 0.1) is 11.8 Å². The monoisotopic (exact) mass is 197 g/mol. The highest BCUT2D eigenvalue weighted by Crippen LogP contribution is 2.28. The van der Waals surface area contributed by atoms with Gasteiger partial charge in [0, 0.05) is 18.0 Å². The summed E-state index contributed by atoms with van der Waals surface area (Å²) >= 11 is 0. The van der Waals surface area contributed by atoms with E-state index in [0.717, 1.165) is 18.8 Å². The van der Waals surface area contributed by atoms with Gasteiger partial charge in [-0.05, 0) is 32.6 Å². The first-order valence-corrected chi connectivity index (χ1v) is 5.75. The second-order valence-electron chi connectivity index (χ2n) is 5.17. The molecule has 1 aliphatic heterocycles. The maximum atomic E-state index is 12.0. The Kier molecular flexibility index (Phi) is 3.57. The molecule has 2 unspecified atom stereocenters. The lowest BCUT2D eigenvalue weighted by Gasteiger charge is -2.42. The molecular weight excluding hydrogens is 174 g/mol. The van der Waals surface area contributed by atoms with E-state index in [1.807, 2.05) is 13.8 Å². The van der Waals surface area contributed by atoms with Crippen LogP contribution in [0.3, 0.4) is 0 Å². The molecule has 0 aliphatic carbocycles. The molecule has 1 amide bonds. The van der Waals surface area contributed by atoms with Crippen LogP contribution in [0.2, 0.25) is 0 Å². The molecule has 2 nitrogen and oxygen atoms in total. The number of carbonyl (C=O) groups is 1. The molecule has 1 fully saturated rings. The Balaban J connectivity index is 2.72. The average Bonchev–Trinajstić information content (AvgIpc) is 2.01. The lowest BCUT2D eigenvalue weighted by Crippen LogP contribution is -2.50. The van der Waals surface area contributed by atoms with Crippen LogP contribution in [-0.4, -0.2) is 22.9 Å². The second kappa shape index (κ2) is 4.33. The van der Waals surface area contributed by atoms with E-state index in [4.69, 9.17) is 0 Å². The summed E-state index contributed by atoms with van der Waals surface area (Å²) in [5, 5.41) is 0. The fraction of sp³-hybridized carbons (Fsp3) is 0.917. The largest absolute Gasteiger partial charge is 0.337 e. The highest BCUT2D eigenvalue weighted by molar-refractivity contribution is 5.78. The third-order valence-corrected chi connectivity index (χ3v) is 3.19. The molecule has 0 saturated carbocycles. The quantitative estimate of drug-likeness (QED) is 0.633. The molecule has 2 atom stereocenters. The molecule has 1 aliphatic rings. The van der Waals surface area contributed by atoms with Crippen LogP contribution in [-0.2, 0) is 4.79 Å². The number of amides is 1. The van der Waals surface area contributed by atoms with Crippen LogP contribution in [0.25, 0.3) is 0 Å². The van der Waals surface area contributed by atoms with Gasteiger partial charge in [0.15, 0.2) is 0 Å². The molecule has 0 spiro atoms. The summed E-state index contributed by atoms with van der Waals surface area (Å²) in [6, 6.07) is 0.840. The summed E-state index contributed by atoms with van der Waals surface area (Å²) in [4.78, 5) is 14.0. The van der Waals surface area contributed by atoms with Gasteiger partial charge in [-0.25, -0.2) is 0 Å². The summed E-state index contributed by atoms with van der Waals surface area (Å²) in [5.41, 5.74) is 0. The number of likely N-dealkylation sites (tertiary alicyclic amines) is 1. The van der Waals surface area contributed by atoms with Crippen LogP contribution in [0.15, 0.2) is 0 Å². The van der Waals surface area contributed by atoms with Crippen LogP contribution in [0.4, 0.5) is 0 Å². The summed E-state index contributed by atoms with van der Waals surface area (Å²) < 4.78 is 0. The van der Waals surface area contributed by atoms with Crippen molar-refractivity contribution in [3.8, 4) is 0 Å². The molecule has 0 aromatic carbocycles. The highest BCUT2D eigenvalue weighted by Gasteiger charge is 2.32. The molecule has 0 aromatic heterocycles. The van der Waals surface area contributed by atoms with E-state index in [1.165, 1.54) is 0 Å². The van der Waals surface area contributed by atoms with Gasteiger partial charge in [-0.2, -0.15) is 0 Å². The van der Waals surface area contributed by atoms with Crippen molar-refractivity contribution in [2.75, 3.05) is 0 Å². The zero-order valence-corrected chi connectivity index (χ0v) is 10.1. The number of carbonyl (C=O) groups excluding carboxylic acids is 1. The van der Waals surface area contributed by atoms with Gasteiger partial charge in [0.1, 0.15) is 0 Å². The summed E-state index contributed by atoms with van der Waals surface area (Å²) in [6.45, 7) is 10.6. The van der Waals surface area contributed by atoms with Gasteiger partial charge in [0.2, 0.25) is 5.91 Å². The molecule has 14 heavy (non-hydrogen) atoms. The Morgan fingerprint density at radius 2 is 1.57 bits per heavy atom. The van der Waals surface area contributed by atoms with E-state index >= 15 is 0 Å². The zero-order chi connectivity index (χ0) is 10.9. The minimum Gasteiger partial charge on any atom is -0.337 e. The van der Waals surface area contributed by atoms with E-state index in [0.29, 0.717) is 18.0 Å². The summed E-state index contributed by atoms with van der Waals surface area (Å²) in [6.07, 6.45) is 2.31. The van der Waals surface area contributed by atoms with E-state index in [9.17, 15) is 4.79 Å². The van der Waals surface area contributed by atoms with Crippen molar-refractivity contribution in [1.82, 2.24) is 4.90 Å². The lowest BCUT2D eigenvalue weighted by atomic mass is 9.88. The van der Waals surface area contributed by atoms with E-state index in [2.05, 4.69) is 25.7 Å². The van der Waals surface area contributed by atoms with Crippen molar-refractivity contribution >= 4 is 5.91 Å². The number of hydrogen-bond acceptors (Lipinski definition) is 1. The van der Waals surface area contributed by atoms with Gasteiger partial charge in [0.05, 0.1) is 0 Å². The molecule has 1 rings (SSSR count). The molecule has 1 heterocycles. The maximum absolute atomic E-state index is 12.0. The first-order chi connectivity index (χ1) is 6.43. The minimum atomic E-state index is 0.133. The van der Waals surface area contributed by atoms with Gasteiger partial charge in [0.25, 0.3) is 0 Å². The van der Waals surface area contributed by atoms with Crippen molar-refractivity contribution in [1.29, 1.82) is 0 Å². The molecule has 0 bridgehead atoms. The third-order valence-electron chi connectivity index (χ3n) is 3.19. The van der Waals surface area contributed by atoms with E-state index in [-0.39, 0.29) is 5.92 Å². The Bertz CT molecular complexity index is 200. The van der Waals surface area contributed by atoms with Crippen molar-refractivity contribution < 1.29 is 4.79 Å². The molecule has 2 heteroatoms. The predicted molar refractivity (Wildman–Crippen MR) is 59.0 cm³/mol. The van der Waals surface area contributed by atoms with Crippen LogP contribution in [0.1, 0.15) is 47.5 Å². The zero-order valence-electron chi connectivity index (χ0n) is 10.1. The molecule has 0 N–H and O–H groups in total. The van der Waals surface area contributed by atoms with Gasteiger partial charge < -0.3 is 4.90 Å². The second-order valence-corrected chi connectivity index (χ2v) is 5.17. The number of rotatable bonds is 1. The minimum absolute atomic E-state index is 0.133. The normalized spacial score (nSPS) is 33.6. The molecule has 1 saturated heterocycles. The van der Waals surface area contributed by atoms with Crippen molar-refractivity contribution in [2.24, 2.45) is 11.8 Å². The van der Waals surface area contributed by atoms with Crippen LogP contribution < -0.4 is 0 Å². The Morgan fingerprint density at radius 1 is 1.14 bits per heavy atom. The van der Waals surface area contributed by atoms with Gasteiger partial charge in [-0.3, -0.25) is 4.79 Å². The van der Waals surface area contributed by atoms with Crippen molar-refractivity contribution in [2.45, 2.75) is 59.5 Å². The number of piperidine rings is 1. The number of nitrogens with zero attached hydrogens (tertiary/aromatic N) is 1. The Hall–Kier alpha value is -0.530. The van der Waals surface area contributed by atoms with Gasteiger partial charge in [-0.1, -0.05) is 20.8 Å². The third kappa shape index (κ3) is 2.28. The average molecular weight is 197 g/mol. The smallest absolute Gasteiger partial charge is 0.225 e. The first kappa shape index (κ1) is 11.5. The molecular formula is C12H23NO. The summed E-state index contributed by atoms with van der Waals surface area (Å²) in [5.74, 6) is 1.21. The van der Waals surface area contributed by atoms with E-state index < -0.39 is 0 Å². The SMILES string of the molecule is CC1CC(C)N(C(=O)C(C)C)C(C)C1. The standard InChI is InChI=1S/C12H23NO/c1-8(2)12(14)13-10(4)6-9(3)7-11(13)5/h8-11H,6-7H2,1-5H3. The topological polar surface area (TPSA) is 20.3 Å². The summed E-state index contributed by atoms with van der Waals surface area (Å²) in [7, 11) is 0. The highest BCUT2D eigenvalue weighted by atomic mass is 16.2. The Labute approximate surface area is 87.7 Å². The van der Waals surface area contributed by atoms with Gasteiger partial charge in [-0.15, -0.1) is 0 Å². The van der Waals surface area contributed by atoms with E-state index in [1.54, 1.807) is 0 Å². The molecule has 0 aromatic rings. The van der Waals surface area contributed by atoms with Crippen molar-refractivity contribution in [3.63, 3.8) is 0 Å². The maximum Gasteiger partial charge on any atom is 0.225 e. The Morgan fingerprint density at radius 3 is 1.93 bits per heavy atom. The lowest BCUT2D eigenvalue weighted by molar-refractivity contribution is -0.141. The first-order valence-electron chi connectivity index (χ1n) is 5.75. The molecule has 82 valence electrons. The van der Waals surface area contributed by atoms with Crippen molar-refractivity contribution in [3.05, 3.63) is 0 Å². The predicted octanol–water partition coefficient (Wildman–Crippen LogP) is 2.68. The van der Waals surface area contributed by atoms with Gasteiger partial charge >= 0.3 is 0 Å².